The second-order valence-corrected chi connectivity index (χ2v) is 39.1. The van der Waals surface area contributed by atoms with Crippen molar-refractivity contribution in [2.24, 2.45) is 0 Å². The van der Waals surface area contributed by atoms with Crippen LogP contribution in [0.2, 0.25) is 0 Å². The molecule has 5 heteroatoms. The number of nitrogens with zero attached hydrogens (tertiary/aromatic N) is 4. The van der Waals surface area contributed by atoms with Crippen molar-refractivity contribution in [2.45, 2.75) is 53.4 Å². The largest absolute Gasteiger partial charge is 2.00 e. The fourth-order valence-electron chi connectivity index (χ4n) is 23.5. The Morgan fingerprint density at radius 3 is 0.526 bits per heavy atom. The minimum atomic E-state index is 0. The molecule has 137 heavy (non-hydrogen) atoms. The minimum Gasteiger partial charge on any atom is -0.657 e. The first-order chi connectivity index (χ1) is 66.8. The van der Waals surface area contributed by atoms with Crippen LogP contribution in [0.15, 0.2) is 364 Å². The van der Waals surface area contributed by atoms with Crippen LogP contribution in [0.4, 0.5) is 0 Å². The molecule has 3 aromatic heterocycles. The molecule has 0 unspecified atom stereocenters. The second-order valence-electron chi connectivity index (χ2n) is 39.1. The smallest absolute Gasteiger partial charge is 0.657 e. The molecule has 4 aliphatic carbocycles. The van der Waals surface area contributed by atoms with E-state index in [-0.39, 0.29) is 21.1 Å². The van der Waals surface area contributed by atoms with E-state index in [2.05, 4.69) is 416 Å². The van der Waals surface area contributed by atoms with Gasteiger partial charge in [-0.2, -0.15) is 0 Å². The van der Waals surface area contributed by atoms with Gasteiger partial charge in [-0.1, -0.05) is 313 Å². The Hall–Kier alpha value is -16.2. The molecule has 0 fully saturated rings. The fourth-order valence-corrected chi connectivity index (χ4v) is 23.5. The molecule has 5 heterocycles. The number of rotatable bonds is 8. The van der Waals surface area contributed by atoms with E-state index in [1.807, 2.05) is 0 Å². The van der Waals surface area contributed by atoms with Crippen molar-refractivity contribution in [3.05, 3.63) is 454 Å². The predicted molar refractivity (Wildman–Crippen MR) is 572 cm³/mol. The molecule has 20 aromatic carbocycles. The van der Waals surface area contributed by atoms with Gasteiger partial charge in [-0.3, -0.25) is 0 Å². The van der Waals surface area contributed by atoms with Gasteiger partial charge in [0.2, 0.25) is 0 Å². The van der Waals surface area contributed by atoms with E-state index < -0.39 is 0 Å². The van der Waals surface area contributed by atoms with E-state index in [1.165, 1.54) is 197 Å². The van der Waals surface area contributed by atoms with Crippen molar-refractivity contribution in [1.29, 1.82) is 0 Å². The maximum absolute atomic E-state index is 5.86. The Bertz CT molecular complexity index is 8510. The van der Waals surface area contributed by atoms with Gasteiger partial charge in [-0.25, -0.2) is 9.97 Å². The summed E-state index contributed by atoms with van der Waals surface area (Å²) in [6.45, 7) is 8.72. The van der Waals surface area contributed by atoms with E-state index >= 15 is 0 Å². The van der Waals surface area contributed by atoms with Gasteiger partial charge in [-0.15, -0.1) is 22.1 Å². The molecule has 0 spiro atoms. The number of aromatic nitrogens is 4. The summed E-state index contributed by atoms with van der Waals surface area (Å²) in [5, 5.41) is 20.3. The van der Waals surface area contributed by atoms with Crippen molar-refractivity contribution in [1.82, 2.24) is 19.9 Å². The Morgan fingerprint density at radius 1 is 0.161 bits per heavy atom. The van der Waals surface area contributed by atoms with Gasteiger partial charge < -0.3 is 9.97 Å². The third-order valence-electron chi connectivity index (χ3n) is 30.4. The normalized spacial score (nSPS) is 12.9. The molecular formula is C132H84N4Pt. The molecular weight excluding hydrogens is 1840 g/mol. The Labute approximate surface area is 807 Å². The van der Waals surface area contributed by atoms with Gasteiger partial charge in [0.1, 0.15) is 0 Å². The van der Waals surface area contributed by atoms with Crippen LogP contribution in [0.25, 0.3) is 266 Å². The van der Waals surface area contributed by atoms with Crippen LogP contribution in [0.3, 0.4) is 0 Å². The van der Waals surface area contributed by atoms with Gasteiger partial charge in [0, 0.05) is 0 Å². The monoisotopic (exact) mass is 1920 g/mol. The van der Waals surface area contributed by atoms with Crippen LogP contribution in [0.5, 0.6) is 0 Å². The summed E-state index contributed by atoms with van der Waals surface area (Å²) >= 11 is 0. The quantitative estimate of drug-likeness (QED) is 0.152. The summed E-state index contributed by atoms with van der Waals surface area (Å²) in [5.74, 6) is 0. The van der Waals surface area contributed by atoms with Crippen LogP contribution in [0, 0.1) is 27.7 Å². The van der Waals surface area contributed by atoms with Crippen LogP contribution in [-0.2, 0) is 46.7 Å². The molecule has 0 N–H and O–H groups in total. The average molecular weight is 1920 g/mol. The second kappa shape index (κ2) is 30.4. The topological polar surface area (TPSA) is 54.0 Å². The average Bonchev–Trinajstić information content (AvgIpc) is 1.69. The molecule has 29 rings (SSSR count). The molecule has 0 radical (unpaired) electrons. The molecule has 8 bridgehead atoms. The molecule has 2 aliphatic heterocycles. The van der Waals surface area contributed by atoms with E-state index in [1.54, 1.807) is 0 Å². The van der Waals surface area contributed by atoms with Crippen molar-refractivity contribution >= 4 is 133 Å². The van der Waals surface area contributed by atoms with Gasteiger partial charge in [-0.05, 0) is 415 Å². The first kappa shape index (κ1) is 79.3. The van der Waals surface area contributed by atoms with Gasteiger partial charge in [0.15, 0.2) is 0 Å². The standard InChI is InChI=1S/C132H84N4.Pt/c1-73-5-9-89-65-113-105(53-97(89)45-73)61-109-57-101-49-85(29-33-93(101)69-117(109)113)77-13-21-81(22-14-77)129-121-37-39-123(133-121)130(82-23-15-78(16-24-82)86-30-34-94-70-118-110(58-102(94)50-86)62-106-54-98-46-74(2)6-10-90(98)66-114(106)118)125-41-43-127(135-125)132(84-27-19-80(20-28-84)88-32-36-96-72-120-112(60-104(96)52-88)64-108-56-100-48-76(4)8-12-92(100)68-116(108)120)128-44-42-126(136-128)131(124-40-38-122(129)134-124)83-25-17-79(18-26-83)87-31-35-95-71-119-111(59-103(95)51-87)63-107-55-99-47-75(3)7-11-91(99)67-115(107)119;/h5-60,65-72H,61-64H2,1-4H3;/q-2;+2. The Morgan fingerprint density at radius 2 is 0.328 bits per heavy atom. The fraction of sp³-hybridized carbons (Fsp3) is 0.0606. The zero-order chi connectivity index (χ0) is 89.6. The SMILES string of the molecule is Cc1ccc2cc3c(cc2c1)Cc1cc2cc(-c4ccc(-c5c6nc(c(-c7ccc(-c8ccc9cc%10c(cc9c8)Cc8cc9cc(C)ccc9cc8-%10)cc7)c7ccc([n-]7)c(-c7ccc(-c8ccc9cc%10c(cc9c8)Cc8cc9cc(C)ccc9cc8-%10)cc7)c7nc(c(-c8ccc(-c9ccc%10cc%11c(cc%10c9)Cc9cc%10cc(C)ccc%10cc9-%11)cc8)c8ccc5[n-]8)C=C7)C=C6)cc4)ccc2cc1-3.[Pt+2]. The van der Waals surface area contributed by atoms with E-state index in [4.69, 9.17) is 19.9 Å². The molecule has 23 aromatic rings. The molecule has 0 saturated heterocycles. The Kier molecular flexibility index (Phi) is 17.6. The molecule has 0 saturated carbocycles. The number of hydrogen-bond donors (Lipinski definition) is 0. The van der Waals surface area contributed by atoms with Crippen molar-refractivity contribution in [3.63, 3.8) is 0 Å². The summed E-state index contributed by atoms with van der Waals surface area (Å²) < 4.78 is 0. The predicted octanol–water partition coefficient (Wildman–Crippen LogP) is 34.0. The molecule has 0 amide bonds. The summed E-state index contributed by atoms with van der Waals surface area (Å²) in [4.78, 5) is 23.4. The molecule has 6 aliphatic rings. The van der Waals surface area contributed by atoms with Crippen LogP contribution < -0.4 is 9.97 Å². The molecule has 4 nitrogen and oxygen atoms in total. The number of aryl methyl sites for hydroxylation is 4. The Balaban J connectivity index is 0.00000927. The van der Waals surface area contributed by atoms with Gasteiger partial charge in [0.25, 0.3) is 0 Å². The summed E-state index contributed by atoms with van der Waals surface area (Å²) in [5.41, 5.74) is 50.3. The van der Waals surface area contributed by atoms with Crippen LogP contribution in [0.1, 0.15) is 89.5 Å². The number of fused-ring (bicyclic) bond motifs is 28. The number of benzene rings is 20. The zero-order valence-corrected chi connectivity index (χ0v) is 78.2. The first-order valence-corrected chi connectivity index (χ1v) is 47.7. The van der Waals surface area contributed by atoms with Crippen molar-refractivity contribution < 1.29 is 21.1 Å². The third-order valence-corrected chi connectivity index (χ3v) is 30.4. The number of hydrogen-bond acceptors (Lipinski definition) is 2. The van der Waals surface area contributed by atoms with E-state index in [0.717, 1.165) is 160 Å². The maximum atomic E-state index is 5.86. The van der Waals surface area contributed by atoms with Crippen molar-refractivity contribution in [2.75, 3.05) is 0 Å². The van der Waals surface area contributed by atoms with Crippen LogP contribution in [-0.4, -0.2) is 9.97 Å². The van der Waals surface area contributed by atoms with Gasteiger partial charge in [0.05, 0.1) is 22.8 Å². The summed E-state index contributed by atoms with van der Waals surface area (Å²) in [6, 6.07) is 139. The zero-order valence-electron chi connectivity index (χ0n) is 75.9. The van der Waals surface area contributed by atoms with Gasteiger partial charge >= 0.3 is 21.1 Å². The third kappa shape index (κ3) is 13.1. The van der Waals surface area contributed by atoms with Crippen molar-refractivity contribution in [3.8, 4) is 134 Å². The minimum absolute atomic E-state index is 0. The molecule has 642 valence electrons. The van der Waals surface area contributed by atoms with Crippen LogP contribution >= 0.6 is 0 Å². The molecule has 0 atom stereocenters. The van der Waals surface area contributed by atoms with E-state index in [9.17, 15) is 0 Å². The van der Waals surface area contributed by atoms with E-state index in [0.29, 0.717) is 0 Å². The first-order valence-electron chi connectivity index (χ1n) is 47.7. The summed E-state index contributed by atoms with van der Waals surface area (Å²) in [6.07, 6.45) is 12.5. The summed E-state index contributed by atoms with van der Waals surface area (Å²) in [7, 11) is 0. The maximum Gasteiger partial charge on any atom is 2.00 e.